The van der Waals surface area contributed by atoms with Crippen molar-refractivity contribution in [2.45, 2.75) is 6.04 Å². The summed E-state index contributed by atoms with van der Waals surface area (Å²) < 4.78 is 10.2. The molecule has 0 aromatic rings. The Morgan fingerprint density at radius 1 is 1.33 bits per heavy atom. The molecule has 0 unspecified atom stereocenters. The summed E-state index contributed by atoms with van der Waals surface area (Å²) in [5.41, 5.74) is 0. The monoisotopic (exact) mass is 128 g/mol. The highest BCUT2D eigenvalue weighted by molar-refractivity contribution is 4.83. The van der Waals surface area contributed by atoms with Crippen LogP contribution in [0.3, 0.4) is 0 Å². The van der Waals surface area contributed by atoms with Crippen LogP contribution in [0.4, 0.5) is 0 Å². The third kappa shape index (κ3) is 0.956. The first kappa shape index (κ1) is 5.65. The van der Waals surface area contributed by atoms with E-state index in [0.29, 0.717) is 6.04 Å². The zero-order valence-corrected chi connectivity index (χ0v) is 5.25. The van der Waals surface area contributed by atoms with Crippen LogP contribution in [0.15, 0.2) is 0 Å². The molecule has 2 saturated heterocycles. The first-order chi connectivity index (χ1) is 4.47. The Bertz CT molecular complexity index is 97.2. The van der Waals surface area contributed by atoms with Gasteiger partial charge in [0.05, 0.1) is 39.1 Å². The number of hydrogen-bond donors (Lipinski definition) is 0. The van der Waals surface area contributed by atoms with Gasteiger partial charge in [-0.2, -0.15) is 0 Å². The Labute approximate surface area is 54.5 Å². The number of ether oxygens (including phenoxy) is 2. The van der Waals surface area contributed by atoms with E-state index in [-0.39, 0.29) is 0 Å². The summed E-state index contributed by atoms with van der Waals surface area (Å²) in [5, 5.41) is 0. The highest BCUT2D eigenvalue weighted by Gasteiger charge is 2.28. The summed E-state index contributed by atoms with van der Waals surface area (Å²) >= 11 is 0. The van der Waals surface area contributed by atoms with E-state index in [1.165, 1.54) is 0 Å². The number of nitrogens with zero attached hydrogens (tertiary/aromatic N) is 1. The predicted molar refractivity (Wildman–Crippen MR) is 31.6 cm³/mol. The molecule has 3 nitrogen and oxygen atoms in total. The molecule has 0 aliphatic carbocycles. The molecule has 2 fully saturated rings. The van der Waals surface area contributed by atoms with E-state index < -0.39 is 0 Å². The molecule has 2 rings (SSSR count). The fourth-order valence-corrected chi connectivity index (χ4v) is 1.03. The van der Waals surface area contributed by atoms with Gasteiger partial charge in [-0.05, 0) is 0 Å². The molecule has 0 aromatic heterocycles. The van der Waals surface area contributed by atoms with Gasteiger partial charge in [0.15, 0.2) is 0 Å². The molecule has 0 atom stereocenters. The Hall–Kier alpha value is -0.120. The van der Waals surface area contributed by atoms with E-state index in [9.17, 15) is 0 Å². The molecule has 9 heavy (non-hydrogen) atoms. The van der Waals surface area contributed by atoms with E-state index in [1.807, 2.05) is 0 Å². The fraction of sp³-hybridized carbons (Fsp3) is 0.833. The van der Waals surface area contributed by atoms with Gasteiger partial charge in [0.25, 0.3) is 0 Å². The van der Waals surface area contributed by atoms with Gasteiger partial charge in [-0.15, -0.1) is 0 Å². The molecule has 2 heterocycles. The summed E-state index contributed by atoms with van der Waals surface area (Å²) in [6, 6.07) is 0.604. The second-order valence-corrected chi connectivity index (χ2v) is 2.39. The first-order valence-electron chi connectivity index (χ1n) is 3.21. The van der Waals surface area contributed by atoms with Crippen molar-refractivity contribution in [3.05, 3.63) is 6.54 Å². The van der Waals surface area contributed by atoms with Crippen LogP contribution >= 0.6 is 0 Å². The van der Waals surface area contributed by atoms with E-state index >= 15 is 0 Å². The van der Waals surface area contributed by atoms with Gasteiger partial charge in [0.2, 0.25) is 0 Å². The summed E-state index contributed by atoms with van der Waals surface area (Å²) in [6.07, 6.45) is 0. The predicted octanol–water partition coefficient (Wildman–Crippen LogP) is -0.163. The van der Waals surface area contributed by atoms with Crippen LogP contribution in [0, 0.1) is 6.54 Å². The smallest absolute Gasteiger partial charge is 0.0998 e. The quantitative estimate of drug-likeness (QED) is 0.489. The molecular formula is C6H10NO2. The third-order valence-electron chi connectivity index (χ3n) is 1.76. The van der Waals surface area contributed by atoms with Crippen molar-refractivity contribution in [2.24, 2.45) is 0 Å². The lowest BCUT2D eigenvalue weighted by atomic mass is 10.2. The molecule has 0 aromatic carbocycles. The molecule has 0 spiro atoms. The molecule has 0 saturated carbocycles. The van der Waals surface area contributed by atoms with E-state index in [1.54, 1.807) is 0 Å². The van der Waals surface area contributed by atoms with Gasteiger partial charge >= 0.3 is 0 Å². The number of rotatable bonds is 1. The Morgan fingerprint density at radius 3 is 2.67 bits per heavy atom. The maximum Gasteiger partial charge on any atom is 0.0998 e. The third-order valence-corrected chi connectivity index (χ3v) is 1.76. The van der Waals surface area contributed by atoms with Crippen molar-refractivity contribution in [3.63, 3.8) is 0 Å². The van der Waals surface area contributed by atoms with Crippen LogP contribution in [0.1, 0.15) is 0 Å². The van der Waals surface area contributed by atoms with Gasteiger partial charge in [-0.1, -0.05) is 0 Å². The van der Waals surface area contributed by atoms with E-state index in [4.69, 9.17) is 9.47 Å². The summed E-state index contributed by atoms with van der Waals surface area (Å²) in [6.45, 7) is 5.37. The molecular weight excluding hydrogens is 118 g/mol. The number of hydrogen-bond acceptors (Lipinski definition) is 3. The lowest BCUT2D eigenvalue weighted by Crippen LogP contribution is -2.46. The molecule has 2 aliphatic heterocycles. The van der Waals surface area contributed by atoms with Crippen molar-refractivity contribution in [2.75, 3.05) is 26.6 Å². The lowest BCUT2D eigenvalue weighted by molar-refractivity contribution is -0.0626. The van der Waals surface area contributed by atoms with Crippen LogP contribution in [-0.4, -0.2) is 37.5 Å². The molecule has 3 heteroatoms. The van der Waals surface area contributed by atoms with Crippen LogP contribution in [0.25, 0.3) is 0 Å². The SMILES string of the molecule is [CH]1COCN1C1COC1. The fourth-order valence-electron chi connectivity index (χ4n) is 1.03. The summed E-state index contributed by atoms with van der Waals surface area (Å²) in [5.74, 6) is 0. The second-order valence-electron chi connectivity index (χ2n) is 2.39. The Balaban J connectivity index is 1.82. The standard InChI is InChI=1S/C6H10NO2/c1-2-8-5-7(1)6-3-9-4-6/h1,6H,2-5H2. The normalized spacial score (nSPS) is 30.7. The van der Waals surface area contributed by atoms with Gasteiger partial charge in [0, 0.05) is 0 Å². The topological polar surface area (TPSA) is 21.7 Å². The van der Waals surface area contributed by atoms with Crippen molar-refractivity contribution < 1.29 is 9.47 Å². The van der Waals surface area contributed by atoms with E-state index in [0.717, 1.165) is 26.6 Å². The zero-order valence-electron chi connectivity index (χ0n) is 5.25. The minimum absolute atomic E-state index is 0.604. The highest BCUT2D eigenvalue weighted by Crippen LogP contribution is 2.15. The van der Waals surface area contributed by atoms with Crippen molar-refractivity contribution in [3.8, 4) is 0 Å². The van der Waals surface area contributed by atoms with Gasteiger partial charge in [-0.3, -0.25) is 4.90 Å². The van der Waals surface area contributed by atoms with Crippen LogP contribution < -0.4 is 0 Å². The van der Waals surface area contributed by atoms with Crippen LogP contribution in [0.2, 0.25) is 0 Å². The molecule has 51 valence electrons. The largest absolute Gasteiger partial charge is 0.378 e. The Kier molecular flexibility index (Phi) is 1.41. The van der Waals surface area contributed by atoms with Crippen molar-refractivity contribution in [1.82, 2.24) is 4.90 Å². The van der Waals surface area contributed by atoms with Crippen molar-refractivity contribution >= 4 is 0 Å². The minimum Gasteiger partial charge on any atom is -0.378 e. The average Bonchev–Trinajstić information content (AvgIpc) is 2.11. The summed E-state index contributed by atoms with van der Waals surface area (Å²) in [4.78, 5) is 2.20. The van der Waals surface area contributed by atoms with Gasteiger partial charge < -0.3 is 9.47 Å². The van der Waals surface area contributed by atoms with Crippen LogP contribution in [-0.2, 0) is 9.47 Å². The molecule has 0 amide bonds. The molecule has 2 aliphatic rings. The Morgan fingerprint density at radius 2 is 2.22 bits per heavy atom. The maximum atomic E-state index is 5.13. The average molecular weight is 128 g/mol. The van der Waals surface area contributed by atoms with Crippen LogP contribution in [0.5, 0.6) is 0 Å². The summed E-state index contributed by atoms with van der Waals surface area (Å²) in [7, 11) is 0. The lowest BCUT2D eigenvalue weighted by Gasteiger charge is -2.32. The maximum absolute atomic E-state index is 5.13. The molecule has 0 bridgehead atoms. The zero-order chi connectivity index (χ0) is 6.10. The highest BCUT2D eigenvalue weighted by atomic mass is 16.5. The minimum atomic E-state index is 0.604. The van der Waals surface area contributed by atoms with Crippen molar-refractivity contribution in [1.29, 1.82) is 0 Å². The molecule has 0 N–H and O–H groups in total. The molecule has 1 radical (unpaired) electrons. The van der Waals surface area contributed by atoms with E-state index in [2.05, 4.69) is 11.4 Å². The second kappa shape index (κ2) is 2.25. The van der Waals surface area contributed by atoms with Gasteiger partial charge in [-0.25, -0.2) is 0 Å². The van der Waals surface area contributed by atoms with Gasteiger partial charge in [0.1, 0.15) is 0 Å². The first-order valence-corrected chi connectivity index (χ1v) is 3.21.